The Bertz CT molecular complexity index is 235. The Morgan fingerprint density at radius 3 is 2.45 bits per heavy atom. The van der Waals surface area contributed by atoms with Crippen LogP contribution in [-0.2, 0) is 0 Å². The first-order valence-electron chi connectivity index (χ1n) is 3.62. The van der Waals surface area contributed by atoms with Crippen molar-refractivity contribution in [2.45, 2.75) is 19.2 Å². The molecule has 0 heterocycles. The van der Waals surface area contributed by atoms with Gasteiger partial charge in [-0.2, -0.15) is 0 Å². The standard InChI is InChI=1S/C9H12ClN/c1-6-4-3-5-8(11)9(6)7(2)10/h3-5,7H,11H2,1-2H3. The average Bonchev–Trinajstić information content (AvgIpc) is 1.85. The minimum atomic E-state index is -0.00352. The van der Waals surface area contributed by atoms with Crippen LogP contribution >= 0.6 is 11.6 Å². The number of halogens is 1. The lowest BCUT2D eigenvalue weighted by molar-refractivity contribution is 1.06. The van der Waals surface area contributed by atoms with Crippen molar-refractivity contribution in [3.05, 3.63) is 29.3 Å². The molecule has 1 rings (SSSR count). The summed E-state index contributed by atoms with van der Waals surface area (Å²) in [5.74, 6) is 0. The normalized spacial score (nSPS) is 13.0. The molecule has 0 radical (unpaired) electrons. The van der Waals surface area contributed by atoms with E-state index in [-0.39, 0.29) is 5.38 Å². The number of alkyl halides is 1. The first-order chi connectivity index (χ1) is 5.13. The Labute approximate surface area is 72.2 Å². The zero-order chi connectivity index (χ0) is 8.43. The minimum absolute atomic E-state index is 0.00352. The van der Waals surface area contributed by atoms with Crippen molar-refractivity contribution < 1.29 is 0 Å². The molecule has 1 unspecified atom stereocenters. The van der Waals surface area contributed by atoms with E-state index < -0.39 is 0 Å². The van der Waals surface area contributed by atoms with Gasteiger partial charge in [-0.25, -0.2) is 0 Å². The third-order valence-corrected chi connectivity index (χ3v) is 1.97. The highest BCUT2D eigenvalue weighted by Crippen LogP contribution is 2.27. The van der Waals surface area contributed by atoms with Crippen molar-refractivity contribution in [1.82, 2.24) is 0 Å². The van der Waals surface area contributed by atoms with E-state index in [1.165, 1.54) is 0 Å². The maximum absolute atomic E-state index is 5.93. The van der Waals surface area contributed by atoms with Gasteiger partial charge >= 0.3 is 0 Å². The maximum Gasteiger partial charge on any atom is 0.0580 e. The van der Waals surface area contributed by atoms with Crippen LogP contribution in [0.2, 0.25) is 0 Å². The van der Waals surface area contributed by atoms with Gasteiger partial charge < -0.3 is 5.73 Å². The molecule has 2 heteroatoms. The van der Waals surface area contributed by atoms with Crippen LogP contribution < -0.4 is 5.73 Å². The van der Waals surface area contributed by atoms with Gasteiger partial charge in [-0.15, -0.1) is 11.6 Å². The molecule has 11 heavy (non-hydrogen) atoms. The fourth-order valence-electron chi connectivity index (χ4n) is 1.25. The van der Waals surface area contributed by atoms with E-state index >= 15 is 0 Å². The van der Waals surface area contributed by atoms with Crippen LogP contribution in [0.4, 0.5) is 5.69 Å². The lowest BCUT2D eigenvalue weighted by Crippen LogP contribution is -1.97. The van der Waals surface area contributed by atoms with Crippen molar-refractivity contribution in [3.63, 3.8) is 0 Å². The lowest BCUT2D eigenvalue weighted by atomic mass is 10.0. The number of anilines is 1. The fourth-order valence-corrected chi connectivity index (χ4v) is 1.54. The Morgan fingerprint density at radius 1 is 1.45 bits per heavy atom. The molecule has 1 aromatic rings. The molecule has 0 aliphatic rings. The van der Waals surface area contributed by atoms with Gasteiger partial charge in [0, 0.05) is 5.69 Å². The molecule has 1 aromatic carbocycles. The molecule has 0 amide bonds. The van der Waals surface area contributed by atoms with Crippen LogP contribution in [0.5, 0.6) is 0 Å². The molecule has 0 spiro atoms. The quantitative estimate of drug-likeness (QED) is 0.508. The molecular formula is C9H12ClN. The summed E-state index contributed by atoms with van der Waals surface area (Å²) >= 11 is 5.93. The van der Waals surface area contributed by atoms with Crippen molar-refractivity contribution in [3.8, 4) is 0 Å². The van der Waals surface area contributed by atoms with Crippen molar-refractivity contribution in [2.75, 3.05) is 5.73 Å². The fraction of sp³-hybridized carbons (Fsp3) is 0.333. The third-order valence-electron chi connectivity index (χ3n) is 1.76. The zero-order valence-electron chi connectivity index (χ0n) is 6.76. The van der Waals surface area contributed by atoms with E-state index in [1.807, 2.05) is 32.0 Å². The maximum atomic E-state index is 5.93. The van der Waals surface area contributed by atoms with Crippen LogP contribution in [0, 0.1) is 6.92 Å². The van der Waals surface area contributed by atoms with Gasteiger partial charge in [-0.05, 0) is 31.0 Å². The van der Waals surface area contributed by atoms with Crippen LogP contribution in [0.15, 0.2) is 18.2 Å². The Hall–Kier alpha value is -0.690. The van der Waals surface area contributed by atoms with Crippen LogP contribution in [0.25, 0.3) is 0 Å². The number of aryl methyl sites for hydroxylation is 1. The molecule has 0 aliphatic heterocycles. The smallest absolute Gasteiger partial charge is 0.0580 e. The number of benzene rings is 1. The molecular weight excluding hydrogens is 158 g/mol. The summed E-state index contributed by atoms with van der Waals surface area (Å²) in [4.78, 5) is 0. The molecule has 0 saturated heterocycles. The van der Waals surface area contributed by atoms with E-state index in [0.29, 0.717) is 0 Å². The summed E-state index contributed by atoms with van der Waals surface area (Å²) in [7, 11) is 0. The molecule has 60 valence electrons. The topological polar surface area (TPSA) is 26.0 Å². The van der Waals surface area contributed by atoms with E-state index in [9.17, 15) is 0 Å². The largest absolute Gasteiger partial charge is 0.398 e. The lowest BCUT2D eigenvalue weighted by Gasteiger charge is -2.10. The summed E-state index contributed by atoms with van der Waals surface area (Å²) in [6.07, 6.45) is 0. The Balaban J connectivity index is 3.21. The summed E-state index contributed by atoms with van der Waals surface area (Å²) in [5.41, 5.74) is 8.73. The number of nitrogen functional groups attached to an aromatic ring is 1. The second-order valence-electron chi connectivity index (χ2n) is 2.69. The van der Waals surface area contributed by atoms with Gasteiger partial charge in [0.1, 0.15) is 0 Å². The molecule has 0 fully saturated rings. The second-order valence-corrected chi connectivity index (χ2v) is 3.35. The van der Waals surface area contributed by atoms with Crippen LogP contribution in [-0.4, -0.2) is 0 Å². The van der Waals surface area contributed by atoms with Crippen molar-refractivity contribution in [2.24, 2.45) is 0 Å². The molecule has 0 bridgehead atoms. The highest BCUT2D eigenvalue weighted by Gasteiger charge is 2.07. The Morgan fingerprint density at radius 2 is 2.09 bits per heavy atom. The number of nitrogens with two attached hydrogens (primary N) is 1. The van der Waals surface area contributed by atoms with E-state index in [2.05, 4.69) is 0 Å². The Kier molecular flexibility index (Phi) is 2.40. The average molecular weight is 170 g/mol. The first kappa shape index (κ1) is 8.41. The van der Waals surface area contributed by atoms with E-state index in [0.717, 1.165) is 16.8 Å². The predicted octanol–water partition coefficient (Wildman–Crippen LogP) is 2.88. The highest BCUT2D eigenvalue weighted by molar-refractivity contribution is 6.21. The molecule has 0 aromatic heterocycles. The number of hydrogen-bond acceptors (Lipinski definition) is 1. The first-order valence-corrected chi connectivity index (χ1v) is 4.05. The van der Waals surface area contributed by atoms with Crippen LogP contribution in [0.1, 0.15) is 23.4 Å². The molecule has 1 nitrogen and oxygen atoms in total. The molecule has 2 N–H and O–H groups in total. The van der Waals surface area contributed by atoms with Gasteiger partial charge in [0.2, 0.25) is 0 Å². The predicted molar refractivity (Wildman–Crippen MR) is 49.9 cm³/mol. The zero-order valence-corrected chi connectivity index (χ0v) is 7.52. The van der Waals surface area contributed by atoms with Crippen LogP contribution in [0.3, 0.4) is 0 Å². The van der Waals surface area contributed by atoms with Crippen molar-refractivity contribution in [1.29, 1.82) is 0 Å². The molecule has 0 aliphatic carbocycles. The number of rotatable bonds is 1. The van der Waals surface area contributed by atoms with Gasteiger partial charge in [-0.1, -0.05) is 12.1 Å². The van der Waals surface area contributed by atoms with E-state index in [1.54, 1.807) is 0 Å². The van der Waals surface area contributed by atoms with Crippen molar-refractivity contribution >= 4 is 17.3 Å². The highest BCUT2D eigenvalue weighted by atomic mass is 35.5. The third kappa shape index (κ3) is 1.66. The number of hydrogen-bond donors (Lipinski definition) is 1. The summed E-state index contributed by atoms with van der Waals surface area (Å²) in [6, 6.07) is 5.83. The van der Waals surface area contributed by atoms with E-state index in [4.69, 9.17) is 17.3 Å². The van der Waals surface area contributed by atoms with Gasteiger partial charge in [-0.3, -0.25) is 0 Å². The minimum Gasteiger partial charge on any atom is -0.398 e. The molecule has 0 saturated carbocycles. The summed E-state index contributed by atoms with van der Waals surface area (Å²) in [5, 5.41) is -0.00352. The van der Waals surface area contributed by atoms with Gasteiger partial charge in [0.15, 0.2) is 0 Å². The van der Waals surface area contributed by atoms with Gasteiger partial charge in [0.05, 0.1) is 5.38 Å². The van der Waals surface area contributed by atoms with Gasteiger partial charge in [0.25, 0.3) is 0 Å². The molecule has 1 atom stereocenters. The summed E-state index contributed by atoms with van der Waals surface area (Å²) < 4.78 is 0. The summed E-state index contributed by atoms with van der Waals surface area (Å²) in [6.45, 7) is 3.95. The SMILES string of the molecule is Cc1cccc(N)c1C(C)Cl. The second kappa shape index (κ2) is 3.14. The monoisotopic (exact) mass is 169 g/mol.